The maximum Gasteiger partial charge on any atom is 0.296 e. The molecule has 0 spiro atoms. The van der Waals surface area contributed by atoms with E-state index in [2.05, 4.69) is 25.5 Å². The summed E-state index contributed by atoms with van der Waals surface area (Å²) in [6.07, 6.45) is 4.81. The van der Waals surface area contributed by atoms with E-state index in [9.17, 15) is 4.79 Å². The smallest absolute Gasteiger partial charge is 0.296 e. The Morgan fingerprint density at radius 1 is 1.26 bits per heavy atom. The van der Waals surface area contributed by atoms with Crippen molar-refractivity contribution in [2.45, 2.75) is 25.9 Å². The molecule has 31 heavy (non-hydrogen) atoms. The van der Waals surface area contributed by atoms with Crippen LogP contribution < -0.4 is 14.8 Å². The molecule has 0 aromatic carbocycles. The minimum atomic E-state index is -0.388. The van der Waals surface area contributed by atoms with Crippen molar-refractivity contribution in [1.82, 2.24) is 20.2 Å². The van der Waals surface area contributed by atoms with Crippen molar-refractivity contribution in [3.05, 3.63) is 40.9 Å². The van der Waals surface area contributed by atoms with Crippen LogP contribution in [-0.2, 0) is 4.74 Å². The van der Waals surface area contributed by atoms with Crippen LogP contribution in [0.5, 0.6) is 10.9 Å². The van der Waals surface area contributed by atoms with Crippen LogP contribution in [0.2, 0.25) is 5.15 Å². The van der Waals surface area contributed by atoms with E-state index in [1.54, 1.807) is 12.1 Å². The Morgan fingerprint density at radius 3 is 2.90 bits per heavy atom. The number of carbonyl (C=O) groups excluding carboxylic acids is 1. The number of anilines is 1. The van der Waals surface area contributed by atoms with Crippen molar-refractivity contribution in [2.24, 2.45) is 0 Å². The van der Waals surface area contributed by atoms with E-state index in [0.717, 1.165) is 36.5 Å². The summed E-state index contributed by atoms with van der Waals surface area (Å²) in [5.74, 6) is 0.103. The Bertz CT molecular complexity index is 1090. The zero-order valence-electron chi connectivity index (χ0n) is 16.9. The SMILES string of the molecule is COc1cnc(Cl)cc1-c1cc(C)ncc1C(=O)Nc1nnc(OC2CCCOC2)s1. The average Bonchev–Trinajstić information content (AvgIpc) is 3.20. The molecule has 4 heterocycles. The normalized spacial score (nSPS) is 16.0. The predicted molar refractivity (Wildman–Crippen MR) is 116 cm³/mol. The number of amides is 1. The van der Waals surface area contributed by atoms with Gasteiger partial charge in [0.25, 0.3) is 11.1 Å². The highest BCUT2D eigenvalue weighted by molar-refractivity contribution is 7.17. The molecule has 0 radical (unpaired) electrons. The maximum atomic E-state index is 13.0. The van der Waals surface area contributed by atoms with Gasteiger partial charge in [0, 0.05) is 29.6 Å². The highest BCUT2D eigenvalue weighted by Crippen LogP contribution is 2.34. The molecule has 0 aliphatic carbocycles. The van der Waals surface area contributed by atoms with E-state index in [1.807, 2.05) is 6.92 Å². The van der Waals surface area contributed by atoms with E-state index in [0.29, 0.717) is 39.4 Å². The number of halogens is 1. The van der Waals surface area contributed by atoms with E-state index >= 15 is 0 Å². The lowest BCUT2D eigenvalue weighted by molar-refractivity contribution is 0.00706. The summed E-state index contributed by atoms with van der Waals surface area (Å²) in [7, 11) is 1.53. The molecule has 0 saturated carbocycles. The van der Waals surface area contributed by atoms with Crippen LogP contribution in [0.15, 0.2) is 24.5 Å². The number of hydrogen-bond donors (Lipinski definition) is 1. The third-order valence-electron chi connectivity index (χ3n) is 4.64. The average molecular weight is 462 g/mol. The van der Waals surface area contributed by atoms with Crippen LogP contribution in [0.1, 0.15) is 28.9 Å². The second-order valence-electron chi connectivity index (χ2n) is 6.86. The van der Waals surface area contributed by atoms with Crippen LogP contribution in [0, 0.1) is 6.92 Å². The second kappa shape index (κ2) is 9.54. The van der Waals surface area contributed by atoms with Gasteiger partial charge in [-0.25, -0.2) is 4.98 Å². The largest absolute Gasteiger partial charge is 0.494 e. The summed E-state index contributed by atoms with van der Waals surface area (Å²) < 4.78 is 16.6. The Morgan fingerprint density at radius 2 is 2.13 bits per heavy atom. The maximum absolute atomic E-state index is 13.0. The van der Waals surface area contributed by atoms with E-state index in [-0.39, 0.29) is 17.2 Å². The van der Waals surface area contributed by atoms with Gasteiger partial charge in [-0.3, -0.25) is 15.1 Å². The summed E-state index contributed by atoms with van der Waals surface area (Å²) in [5, 5.41) is 11.8. The molecular weight excluding hydrogens is 442 g/mol. The van der Waals surface area contributed by atoms with Crippen molar-refractivity contribution in [1.29, 1.82) is 0 Å². The lowest BCUT2D eigenvalue weighted by Gasteiger charge is -2.21. The van der Waals surface area contributed by atoms with Crippen LogP contribution >= 0.6 is 22.9 Å². The molecule has 1 saturated heterocycles. The van der Waals surface area contributed by atoms with Crippen molar-refractivity contribution in [3.8, 4) is 22.1 Å². The standard InChI is InChI=1S/C20H20ClN5O4S/c1-11-6-13(14-7-17(21)23-9-16(14)28-2)15(8-22-11)18(27)24-19-25-26-20(31-19)30-12-4-3-5-29-10-12/h6-9,12H,3-5,10H2,1-2H3,(H,24,25,27). The molecular formula is C20H20ClN5O4S. The van der Waals surface area contributed by atoms with Gasteiger partial charge in [-0.05, 0) is 43.2 Å². The molecule has 0 bridgehead atoms. The molecule has 1 N–H and O–H groups in total. The van der Waals surface area contributed by atoms with Crippen molar-refractivity contribution in [3.63, 3.8) is 0 Å². The summed E-state index contributed by atoms with van der Waals surface area (Å²) in [5.41, 5.74) is 2.33. The predicted octanol–water partition coefficient (Wildman–Crippen LogP) is 3.78. The first-order chi connectivity index (χ1) is 15.0. The third kappa shape index (κ3) is 5.09. The number of methoxy groups -OCH3 is 1. The number of rotatable bonds is 6. The van der Waals surface area contributed by atoms with Crippen LogP contribution in [0.4, 0.5) is 5.13 Å². The van der Waals surface area contributed by atoms with E-state index in [4.69, 9.17) is 25.8 Å². The summed E-state index contributed by atoms with van der Waals surface area (Å²) >= 11 is 7.24. The van der Waals surface area contributed by atoms with Crippen molar-refractivity contribution in [2.75, 3.05) is 25.6 Å². The molecule has 1 fully saturated rings. The Labute approximate surface area is 187 Å². The Balaban J connectivity index is 1.57. The molecule has 3 aromatic rings. The highest BCUT2D eigenvalue weighted by Gasteiger charge is 2.21. The number of ether oxygens (including phenoxy) is 3. The molecule has 1 unspecified atom stereocenters. The molecule has 1 atom stereocenters. The number of aromatic nitrogens is 4. The molecule has 1 amide bonds. The fraction of sp³-hybridized carbons (Fsp3) is 0.350. The molecule has 1 aliphatic heterocycles. The molecule has 3 aromatic heterocycles. The number of aryl methyl sites for hydroxylation is 1. The van der Waals surface area contributed by atoms with Gasteiger partial charge in [0.05, 0.1) is 25.5 Å². The van der Waals surface area contributed by atoms with E-state index < -0.39 is 0 Å². The summed E-state index contributed by atoms with van der Waals surface area (Å²) in [6, 6.07) is 3.44. The van der Waals surface area contributed by atoms with E-state index in [1.165, 1.54) is 19.5 Å². The fourth-order valence-corrected chi connectivity index (χ4v) is 3.99. The van der Waals surface area contributed by atoms with Gasteiger partial charge in [0.1, 0.15) is 17.0 Å². The highest BCUT2D eigenvalue weighted by atomic mass is 35.5. The number of hydrogen-bond acceptors (Lipinski definition) is 9. The molecule has 162 valence electrons. The monoisotopic (exact) mass is 461 g/mol. The summed E-state index contributed by atoms with van der Waals surface area (Å²) in [6.45, 7) is 3.11. The van der Waals surface area contributed by atoms with Gasteiger partial charge < -0.3 is 14.2 Å². The van der Waals surface area contributed by atoms with Crippen LogP contribution in [0.25, 0.3) is 11.1 Å². The molecule has 1 aliphatic rings. The van der Waals surface area contributed by atoms with Crippen molar-refractivity contribution < 1.29 is 19.0 Å². The lowest BCUT2D eigenvalue weighted by Crippen LogP contribution is -2.27. The zero-order valence-corrected chi connectivity index (χ0v) is 18.5. The quantitative estimate of drug-likeness (QED) is 0.552. The topological polar surface area (TPSA) is 108 Å². The van der Waals surface area contributed by atoms with Gasteiger partial charge in [0.2, 0.25) is 5.13 Å². The van der Waals surface area contributed by atoms with Gasteiger partial charge in [0.15, 0.2) is 0 Å². The van der Waals surface area contributed by atoms with Gasteiger partial charge in [-0.2, -0.15) is 0 Å². The Kier molecular flexibility index (Phi) is 6.59. The van der Waals surface area contributed by atoms with Gasteiger partial charge >= 0.3 is 0 Å². The first-order valence-corrected chi connectivity index (χ1v) is 10.8. The van der Waals surface area contributed by atoms with Crippen LogP contribution in [0.3, 0.4) is 0 Å². The number of pyridine rings is 2. The number of nitrogens with one attached hydrogen (secondary N) is 1. The molecule has 4 rings (SSSR count). The fourth-order valence-electron chi connectivity index (χ4n) is 3.17. The summed E-state index contributed by atoms with van der Waals surface area (Å²) in [4.78, 5) is 21.3. The zero-order chi connectivity index (χ0) is 21.8. The van der Waals surface area contributed by atoms with Gasteiger partial charge in [-0.1, -0.05) is 16.7 Å². The first kappa shape index (κ1) is 21.4. The lowest BCUT2D eigenvalue weighted by atomic mass is 10.0. The Hall–Kier alpha value is -2.82. The number of carbonyl (C=O) groups is 1. The van der Waals surface area contributed by atoms with Crippen molar-refractivity contribution >= 4 is 34.0 Å². The van der Waals surface area contributed by atoms with Gasteiger partial charge in [-0.15, -0.1) is 5.10 Å². The minimum Gasteiger partial charge on any atom is -0.494 e. The second-order valence-corrected chi connectivity index (χ2v) is 8.19. The first-order valence-electron chi connectivity index (χ1n) is 9.59. The van der Waals surface area contributed by atoms with Crippen LogP contribution in [-0.4, -0.2) is 52.5 Å². The minimum absolute atomic E-state index is 0.0537. The molecule has 9 nitrogen and oxygen atoms in total. The molecule has 11 heteroatoms. The third-order valence-corrected chi connectivity index (χ3v) is 5.58. The number of nitrogens with zero attached hydrogens (tertiary/aromatic N) is 4.